The van der Waals surface area contributed by atoms with Crippen LogP contribution in [0.25, 0.3) is 0 Å². The van der Waals surface area contributed by atoms with E-state index in [1.165, 1.54) is 0 Å². The number of carbonyl (C=O) groups excluding carboxylic acids is 1. The molecule has 0 saturated carbocycles. The number of nitrogens with one attached hydrogen (secondary N) is 1. The number of carbonyl (C=O) groups is 1. The van der Waals surface area contributed by atoms with Gasteiger partial charge in [-0.3, -0.25) is 4.79 Å². The molecule has 0 fully saturated rings. The van der Waals surface area contributed by atoms with Gasteiger partial charge < -0.3 is 14.8 Å². The molecule has 0 aromatic rings. The van der Waals surface area contributed by atoms with Crippen LogP contribution in [-0.2, 0) is 14.3 Å². The first kappa shape index (κ1) is 12.4. The SMILES string of the molecule is CCNCC(C)C(=O)OCCOC. The van der Waals surface area contributed by atoms with E-state index in [1.807, 2.05) is 13.8 Å². The van der Waals surface area contributed by atoms with Crippen LogP contribution in [0.15, 0.2) is 0 Å². The number of methoxy groups -OCH3 is 1. The molecule has 0 aliphatic carbocycles. The van der Waals surface area contributed by atoms with Gasteiger partial charge in [0.05, 0.1) is 12.5 Å². The van der Waals surface area contributed by atoms with Crippen molar-refractivity contribution in [2.75, 3.05) is 33.4 Å². The molecule has 0 amide bonds. The van der Waals surface area contributed by atoms with E-state index in [2.05, 4.69) is 5.32 Å². The highest BCUT2D eigenvalue weighted by Gasteiger charge is 2.12. The van der Waals surface area contributed by atoms with Gasteiger partial charge in [-0.05, 0) is 6.54 Å². The number of esters is 1. The van der Waals surface area contributed by atoms with Crippen molar-refractivity contribution in [1.82, 2.24) is 5.32 Å². The summed E-state index contributed by atoms with van der Waals surface area (Å²) in [6.45, 7) is 6.18. The molecule has 4 heteroatoms. The molecule has 0 aromatic heterocycles. The number of rotatable bonds is 7. The van der Waals surface area contributed by atoms with Gasteiger partial charge in [-0.2, -0.15) is 0 Å². The van der Waals surface area contributed by atoms with Gasteiger partial charge in [0, 0.05) is 13.7 Å². The van der Waals surface area contributed by atoms with Crippen molar-refractivity contribution in [1.29, 1.82) is 0 Å². The van der Waals surface area contributed by atoms with Crippen LogP contribution in [0.2, 0.25) is 0 Å². The fourth-order valence-corrected chi connectivity index (χ4v) is 0.812. The summed E-state index contributed by atoms with van der Waals surface area (Å²) in [5.41, 5.74) is 0. The van der Waals surface area contributed by atoms with Crippen LogP contribution in [0.3, 0.4) is 0 Å². The van der Waals surface area contributed by atoms with Crippen LogP contribution in [0.4, 0.5) is 0 Å². The quantitative estimate of drug-likeness (QED) is 0.466. The first-order valence-electron chi connectivity index (χ1n) is 4.58. The Morgan fingerprint density at radius 1 is 1.46 bits per heavy atom. The van der Waals surface area contributed by atoms with Gasteiger partial charge in [-0.25, -0.2) is 0 Å². The van der Waals surface area contributed by atoms with Gasteiger partial charge in [0.2, 0.25) is 0 Å². The van der Waals surface area contributed by atoms with Crippen LogP contribution in [0, 0.1) is 5.92 Å². The molecule has 0 aromatic carbocycles. The van der Waals surface area contributed by atoms with Crippen molar-refractivity contribution in [2.24, 2.45) is 5.92 Å². The lowest BCUT2D eigenvalue weighted by Crippen LogP contribution is -2.28. The monoisotopic (exact) mass is 189 g/mol. The van der Waals surface area contributed by atoms with Crippen molar-refractivity contribution >= 4 is 5.97 Å². The van der Waals surface area contributed by atoms with Crippen LogP contribution in [0.5, 0.6) is 0 Å². The summed E-state index contributed by atoms with van der Waals surface area (Å²) < 4.78 is 9.70. The minimum absolute atomic E-state index is 0.0863. The van der Waals surface area contributed by atoms with Crippen LogP contribution < -0.4 is 5.32 Å². The largest absolute Gasteiger partial charge is 0.463 e. The lowest BCUT2D eigenvalue weighted by molar-refractivity contribution is -0.149. The van der Waals surface area contributed by atoms with Crippen molar-refractivity contribution in [3.63, 3.8) is 0 Å². The summed E-state index contributed by atoms with van der Waals surface area (Å²) in [7, 11) is 1.58. The summed E-state index contributed by atoms with van der Waals surface area (Å²) in [5, 5.41) is 3.09. The van der Waals surface area contributed by atoms with Crippen LogP contribution in [0.1, 0.15) is 13.8 Å². The van der Waals surface area contributed by atoms with E-state index in [1.54, 1.807) is 7.11 Å². The lowest BCUT2D eigenvalue weighted by Gasteiger charge is -2.10. The lowest BCUT2D eigenvalue weighted by atomic mass is 10.2. The van der Waals surface area contributed by atoms with Gasteiger partial charge >= 0.3 is 5.97 Å². The third kappa shape index (κ3) is 6.54. The summed E-state index contributed by atoms with van der Waals surface area (Å²) >= 11 is 0. The van der Waals surface area contributed by atoms with Crippen molar-refractivity contribution in [3.05, 3.63) is 0 Å². The standard InChI is InChI=1S/C9H19NO3/c1-4-10-7-8(2)9(11)13-6-5-12-3/h8,10H,4-7H2,1-3H3. The molecule has 0 rings (SSSR count). The molecule has 0 saturated heterocycles. The minimum atomic E-state index is -0.169. The maximum absolute atomic E-state index is 11.2. The zero-order chi connectivity index (χ0) is 10.1. The van der Waals surface area contributed by atoms with E-state index in [9.17, 15) is 4.79 Å². The predicted molar refractivity (Wildman–Crippen MR) is 50.5 cm³/mol. The Labute approximate surface area is 79.6 Å². The maximum atomic E-state index is 11.2. The molecule has 78 valence electrons. The van der Waals surface area contributed by atoms with E-state index in [4.69, 9.17) is 9.47 Å². The minimum Gasteiger partial charge on any atom is -0.463 e. The van der Waals surface area contributed by atoms with Gasteiger partial charge in [0.1, 0.15) is 6.61 Å². The topological polar surface area (TPSA) is 47.6 Å². The Hall–Kier alpha value is -0.610. The second-order valence-corrected chi connectivity index (χ2v) is 2.87. The molecule has 1 unspecified atom stereocenters. The normalized spacial score (nSPS) is 12.5. The molecule has 13 heavy (non-hydrogen) atoms. The average Bonchev–Trinajstić information content (AvgIpc) is 2.14. The van der Waals surface area contributed by atoms with E-state index in [0.29, 0.717) is 19.8 Å². The van der Waals surface area contributed by atoms with Crippen LogP contribution in [-0.4, -0.2) is 39.4 Å². The average molecular weight is 189 g/mol. The molecular weight excluding hydrogens is 170 g/mol. The smallest absolute Gasteiger partial charge is 0.310 e. The third-order valence-corrected chi connectivity index (χ3v) is 1.63. The van der Waals surface area contributed by atoms with Gasteiger partial charge in [-0.15, -0.1) is 0 Å². The highest BCUT2D eigenvalue weighted by molar-refractivity contribution is 5.72. The molecular formula is C9H19NO3. The molecule has 1 N–H and O–H groups in total. The molecule has 0 spiro atoms. The molecule has 0 radical (unpaired) electrons. The second-order valence-electron chi connectivity index (χ2n) is 2.87. The zero-order valence-electron chi connectivity index (χ0n) is 8.63. The highest BCUT2D eigenvalue weighted by atomic mass is 16.6. The van der Waals surface area contributed by atoms with Crippen LogP contribution >= 0.6 is 0 Å². The summed E-state index contributed by atoms with van der Waals surface area (Å²) in [4.78, 5) is 11.2. The Balaban J connectivity index is 3.45. The molecule has 1 atom stereocenters. The summed E-state index contributed by atoms with van der Waals surface area (Å²) in [5.74, 6) is -0.255. The fraction of sp³-hybridized carbons (Fsp3) is 0.889. The number of hydrogen-bond donors (Lipinski definition) is 1. The van der Waals surface area contributed by atoms with E-state index < -0.39 is 0 Å². The Morgan fingerprint density at radius 3 is 2.69 bits per heavy atom. The molecule has 0 heterocycles. The first-order valence-corrected chi connectivity index (χ1v) is 4.58. The summed E-state index contributed by atoms with van der Waals surface area (Å²) in [6.07, 6.45) is 0. The van der Waals surface area contributed by atoms with E-state index in [-0.39, 0.29) is 11.9 Å². The van der Waals surface area contributed by atoms with Gasteiger partial charge in [0.15, 0.2) is 0 Å². The molecule has 0 aliphatic rings. The van der Waals surface area contributed by atoms with Crippen molar-refractivity contribution in [2.45, 2.75) is 13.8 Å². The van der Waals surface area contributed by atoms with Crippen molar-refractivity contribution in [3.8, 4) is 0 Å². The Kier molecular flexibility index (Phi) is 7.63. The van der Waals surface area contributed by atoms with Gasteiger partial charge in [-0.1, -0.05) is 13.8 Å². The number of hydrogen-bond acceptors (Lipinski definition) is 4. The van der Waals surface area contributed by atoms with Gasteiger partial charge in [0.25, 0.3) is 0 Å². The first-order chi connectivity index (χ1) is 6.22. The maximum Gasteiger partial charge on any atom is 0.310 e. The summed E-state index contributed by atoms with van der Waals surface area (Å²) in [6, 6.07) is 0. The molecule has 0 bridgehead atoms. The van der Waals surface area contributed by atoms with E-state index >= 15 is 0 Å². The predicted octanol–water partition coefficient (Wildman–Crippen LogP) is 0.422. The Bertz CT molecular complexity index is 139. The zero-order valence-corrected chi connectivity index (χ0v) is 8.63. The molecule has 4 nitrogen and oxygen atoms in total. The fourth-order valence-electron chi connectivity index (χ4n) is 0.812. The highest BCUT2D eigenvalue weighted by Crippen LogP contribution is 1.96. The molecule has 0 aliphatic heterocycles. The van der Waals surface area contributed by atoms with Crippen molar-refractivity contribution < 1.29 is 14.3 Å². The second kappa shape index (κ2) is 8.01. The number of ether oxygens (including phenoxy) is 2. The Morgan fingerprint density at radius 2 is 2.15 bits per heavy atom. The third-order valence-electron chi connectivity index (χ3n) is 1.63. The van der Waals surface area contributed by atoms with E-state index in [0.717, 1.165) is 6.54 Å².